The van der Waals surface area contributed by atoms with E-state index in [0.29, 0.717) is 16.6 Å². The first kappa shape index (κ1) is 22.6. The molecule has 1 aliphatic carbocycles. The molecule has 0 spiro atoms. The predicted molar refractivity (Wildman–Crippen MR) is 122 cm³/mol. The first-order chi connectivity index (χ1) is 14.3. The van der Waals surface area contributed by atoms with Crippen molar-refractivity contribution < 1.29 is 9.59 Å². The molecule has 2 amide bonds. The van der Waals surface area contributed by atoms with E-state index in [1.54, 1.807) is 24.0 Å². The normalized spacial score (nSPS) is 15.1. The second kappa shape index (κ2) is 10.3. The van der Waals surface area contributed by atoms with Gasteiger partial charge >= 0.3 is 0 Å². The highest BCUT2D eigenvalue weighted by molar-refractivity contribution is 6.42. The smallest absolute Gasteiger partial charge is 0.242 e. The number of nitrogens with zero attached hydrogens (tertiary/aromatic N) is 1. The Morgan fingerprint density at radius 2 is 1.80 bits per heavy atom. The molecule has 3 rings (SSSR count). The van der Waals surface area contributed by atoms with Crippen molar-refractivity contribution >= 4 is 35.0 Å². The number of amides is 2. The fourth-order valence-corrected chi connectivity index (χ4v) is 4.23. The Kier molecular flexibility index (Phi) is 7.79. The van der Waals surface area contributed by atoms with Crippen LogP contribution in [0.15, 0.2) is 42.5 Å². The highest BCUT2D eigenvalue weighted by Crippen LogP contribution is 2.24. The first-order valence-corrected chi connectivity index (χ1v) is 11.2. The fraction of sp³-hybridized carbons (Fsp3) is 0.417. The summed E-state index contributed by atoms with van der Waals surface area (Å²) >= 11 is 12.2. The largest absolute Gasteiger partial charge is 0.352 e. The summed E-state index contributed by atoms with van der Waals surface area (Å²) in [5.74, 6) is -0.208. The van der Waals surface area contributed by atoms with Crippen LogP contribution in [0.3, 0.4) is 0 Å². The molecule has 1 saturated carbocycles. The molecule has 2 aromatic rings. The third-order valence-electron chi connectivity index (χ3n) is 5.64. The molecule has 0 aliphatic heterocycles. The molecule has 0 unspecified atom stereocenters. The van der Waals surface area contributed by atoms with Crippen molar-refractivity contribution in [3.05, 3.63) is 69.2 Å². The number of carbonyl (C=O) groups is 2. The van der Waals surface area contributed by atoms with Gasteiger partial charge in [-0.05, 0) is 49.9 Å². The Morgan fingerprint density at radius 1 is 1.07 bits per heavy atom. The monoisotopic (exact) mass is 446 g/mol. The van der Waals surface area contributed by atoms with Crippen LogP contribution in [-0.2, 0) is 22.6 Å². The van der Waals surface area contributed by atoms with Crippen LogP contribution in [0, 0.1) is 6.92 Å². The average Bonchev–Trinajstić information content (AvgIpc) is 3.21. The van der Waals surface area contributed by atoms with Gasteiger partial charge in [0.2, 0.25) is 11.8 Å². The zero-order chi connectivity index (χ0) is 21.7. The molecule has 1 fully saturated rings. The summed E-state index contributed by atoms with van der Waals surface area (Å²) < 4.78 is 0. The molecule has 1 aliphatic rings. The van der Waals surface area contributed by atoms with Crippen LogP contribution in [0.4, 0.5) is 0 Å². The van der Waals surface area contributed by atoms with Gasteiger partial charge in [0, 0.05) is 12.6 Å². The van der Waals surface area contributed by atoms with Gasteiger partial charge in [-0.3, -0.25) is 9.59 Å². The van der Waals surface area contributed by atoms with Gasteiger partial charge in [-0.25, -0.2) is 0 Å². The van der Waals surface area contributed by atoms with E-state index in [9.17, 15) is 9.59 Å². The van der Waals surface area contributed by atoms with E-state index in [1.807, 2.05) is 37.3 Å². The molecule has 0 bridgehead atoms. The van der Waals surface area contributed by atoms with Crippen LogP contribution in [0.5, 0.6) is 0 Å². The van der Waals surface area contributed by atoms with Crippen LogP contribution in [0.2, 0.25) is 10.0 Å². The second-order valence-electron chi connectivity index (χ2n) is 8.10. The van der Waals surface area contributed by atoms with Gasteiger partial charge in [-0.1, -0.05) is 71.9 Å². The molecular formula is C24H28Cl2N2O2. The van der Waals surface area contributed by atoms with Crippen molar-refractivity contribution in [2.45, 2.75) is 64.6 Å². The number of rotatable bonds is 7. The number of hydrogen-bond acceptors (Lipinski definition) is 2. The molecule has 4 nitrogen and oxygen atoms in total. The lowest BCUT2D eigenvalue weighted by molar-refractivity contribution is -0.140. The van der Waals surface area contributed by atoms with Gasteiger partial charge in [-0.2, -0.15) is 0 Å². The molecule has 6 heteroatoms. The zero-order valence-electron chi connectivity index (χ0n) is 17.5. The Hall–Kier alpha value is -2.04. The van der Waals surface area contributed by atoms with Crippen LogP contribution in [0.1, 0.15) is 49.3 Å². The number of hydrogen-bond donors (Lipinski definition) is 1. The van der Waals surface area contributed by atoms with Crippen LogP contribution >= 0.6 is 23.2 Å². The second-order valence-corrected chi connectivity index (χ2v) is 8.92. The number of aryl methyl sites for hydroxylation is 1. The van der Waals surface area contributed by atoms with Gasteiger partial charge < -0.3 is 10.2 Å². The number of carbonyl (C=O) groups excluding carboxylic acids is 2. The maximum atomic E-state index is 13.3. The van der Waals surface area contributed by atoms with Crippen LogP contribution in [0.25, 0.3) is 0 Å². The minimum absolute atomic E-state index is 0.0965. The molecule has 0 aromatic heterocycles. The summed E-state index contributed by atoms with van der Waals surface area (Å²) in [5.41, 5.74) is 2.87. The van der Waals surface area contributed by atoms with Gasteiger partial charge in [0.25, 0.3) is 0 Å². The molecule has 2 aromatic carbocycles. The van der Waals surface area contributed by atoms with Crippen molar-refractivity contribution in [3.8, 4) is 0 Å². The van der Waals surface area contributed by atoms with Crippen molar-refractivity contribution in [1.29, 1.82) is 0 Å². The lowest BCUT2D eigenvalue weighted by Crippen LogP contribution is -2.50. The molecule has 1 N–H and O–H groups in total. The van der Waals surface area contributed by atoms with Crippen molar-refractivity contribution in [2.24, 2.45) is 0 Å². The SMILES string of the molecule is Cc1cccc(CC(=O)N(Cc2ccc(Cl)c(Cl)c2)[C@H](C)C(=O)NC2CCCC2)c1. The zero-order valence-corrected chi connectivity index (χ0v) is 19.0. The molecular weight excluding hydrogens is 419 g/mol. The lowest BCUT2D eigenvalue weighted by Gasteiger charge is -2.30. The summed E-state index contributed by atoms with van der Waals surface area (Å²) in [6.07, 6.45) is 4.52. The Bertz CT molecular complexity index is 910. The molecule has 0 saturated heterocycles. The molecule has 160 valence electrons. The molecule has 30 heavy (non-hydrogen) atoms. The minimum atomic E-state index is -0.586. The van der Waals surface area contributed by atoms with Crippen molar-refractivity contribution in [1.82, 2.24) is 10.2 Å². The van der Waals surface area contributed by atoms with E-state index in [0.717, 1.165) is 42.4 Å². The number of halogens is 2. The summed E-state index contributed by atoms with van der Waals surface area (Å²) in [7, 11) is 0. The maximum absolute atomic E-state index is 13.3. The Morgan fingerprint density at radius 3 is 2.47 bits per heavy atom. The van der Waals surface area contributed by atoms with E-state index < -0.39 is 6.04 Å². The van der Waals surface area contributed by atoms with Crippen molar-refractivity contribution in [3.63, 3.8) is 0 Å². The summed E-state index contributed by atoms with van der Waals surface area (Å²) in [5, 5.41) is 4.01. The first-order valence-electron chi connectivity index (χ1n) is 10.4. The highest BCUT2D eigenvalue weighted by Gasteiger charge is 2.28. The lowest BCUT2D eigenvalue weighted by atomic mass is 10.1. The number of nitrogens with one attached hydrogen (secondary N) is 1. The van der Waals surface area contributed by atoms with Crippen LogP contribution in [-0.4, -0.2) is 28.8 Å². The quantitative estimate of drug-likeness (QED) is 0.625. The van der Waals surface area contributed by atoms with E-state index in [-0.39, 0.29) is 24.3 Å². The van der Waals surface area contributed by atoms with Gasteiger partial charge in [-0.15, -0.1) is 0 Å². The summed E-state index contributed by atoms with van der Waals surface area (Å²) in [6, 6.07) is 12.8. The average molecular weight is 447 g/mol. The van der Waals surface area contributed by atoms with E-state index >= 15 is 0 Å². The molecule has 0 heterocycles. The summed E-state index contributed by atoms with van der Waals surface area (Å²) in [4.78, 5) is 27.8. The molecule has 0 radical (unpaired) electrons. The van der Waals surface area contributed by atoms with Gasteiger partial charge in [0.05, 0.1) is 16.5 Å². The third-order valence-corrected chi connectivity index (χ3v) is 6.38. The van der Waals surface area contributed by atoms with Gasteiger partial charge in [0.1, 0.15) is 6.04 Å². The number of benzene rings is 2. The minimum Gasteiger partial charge on any atom is -0.352 e. The fourth-order valence-electron chi connectivity index (χ4n) is 3.91. The third kappa shape index (κ3) is 5.99. The summed E-state index contributed by atoms with van der Waals surface area (Å²) in [6.45, 7) is 4.08. The van der Waals surface area contributed by atoms with Gasteiger partial charge in [0.15, 0.2) is 0 Å². The topological polar surface area (TPSA) is 49.4 Å². The van der Waals surface area contributed by atoms with Crippen molar-refractivity contribution in [2.75, 3.05) is 0 Å². The Labute approximate surface area is 188 Å². The standard InChI is InChI=1S/C24H28Cl2N2O2/c1-16-6-5-7-18(12-16)14-23(29)28(15-19-10-11-21(25)22(26)13-19)17(2)24(30)27-20-8-3-4-9-20/h5-7,10-13,17,20H,3-4,8-9,14-15H2,1-2H3,(H,27,30)/t17-/m1/s1. The Balaban J connectivity index is 1.79. The van der Waals surface area contributed by atoms with E-state index in [4.69, 9.17) is 23.2 Å². The van der Waals surface area contributed by atoms with E-state index in [2.05, 4.69) is 5.32 Å². The van der Waals surface area contributed by atoms with E-state index in [1.165, 1.54) is 0 Å². The highest BCUT2D eigenvalue weighted by atomic mass is 35.5. The molecule has 1 atom stereocenters. The van der Waals surface area contributed by atoms with Crippen LogP contribution < -0.4 is 5.32 Å². The maximum Gasteiger partial charge on any atom is 0.242 e. The predicted octanol–water partition coefficient (Wildman–Crippen LogP) is 5.32.